The number of nitro benzene ring substituents is 1. The van der Waals surface area contributed by atoms with E-state index in [2.05, 4.69) is 11.9 Å². The average molecular weight is 261 g/mol. The number of anilines is 1. The predicted molar refractivity (Wildman–Crippen MR) is 71.9 cm³/mol. The molecule has 100 valence electrons. The Labute approximate surface area is 111 Å². The fourth-order valence-electron chi connectivity index (χ4n) is 1.43. The van der Waals surface area contributed by atoms with Crippen molar-refractivity contribution in [3.05, 3.63) is 46.5 Å². The molecule has 0 unspecified atom stereocenters. The lowest BCUT2D eigenvalue weighted by molar-refractivity contribution is -0.384. The van der Waals surface area contributed by atoms with Gasteiger partial charge < -0.3 is 10.1 Å². The second kappa shape index (κ2) is 7.84. The van der Waals surface area contributed by atoms with Crippen molar-refractivity contribution in [2.75, 3.05) is 25.1 Å². The van der Waals surface area contributed by atoms with Crippen molar-refractivity contribution in [3.63, 3.8) is 0 Å². The van der Waals surface area contributed by atoms with Gasteiger partial charge in [-0.1, -0.05) is 6.08 Å². The smallest absolute Gasteiger partial charge is 0.293 e. The highest BCUT2D eigenvalue weighted by molar-refractivity contribution is 5.63. The molecule has 0 atom stereocenters. The molecule has 1 aromatic rings. The molecule has 6 nitrogen and oxygen atoms in total. The number of hydrogen-bond donors (Lipinski definition) is 1. The van der Waals surface area contributed by atoms with Crippen LogP contribution in [0.2, 0.25) is 0 Å². The zero-order chi connectivity index (χ0) is 14.1. The molecule has 0 radical (unpaired) electrons. The highest BCUT2D eigenvalue weighted by atomic mass is 16.6. The van der Waals surface area contributed by atoms with Crippen LogP contribution in [0, 0.1) is 21.4 Å². The maximum Gasteiger partial charge on any atom is 0.293 e. The van der Waals surface area contributed by atoms with Crippen LogP contribution in [-0.4, -0.2) is 24.7 Å². The molecule has 0 heterocycles. The monoisotopic (exact) mass is 261 g/mol. The van der Waals surface area contributed by atoms with Gasteiger partial charge in [-0.05, 0) is 18.6 Å². The molecule has 0 saturated carbocycles. The molecule has 0 fully saturated rings. The number of nitro groups is 1. The lowest BCUT2D eigenvalue weighted by Crippen LogP contribution is -2.11. The summed E-state index contributed by atoms with van der Waals surface area (Å²) in [6, 6.07) is 6.19. The average Bonchev–Trinajstić information content (AvgIpc) is 2.42. The minimum Gasteiger partial charge on any atom is -0.379 e. The summed E-state index contributed by atoms with van der Waals surface area (Å²) in [5.74, 6) is 0. The lowest BCUT2D eigenvalue weighted by Gasteiger charge is -2.07. The number of ether oxygens (including phenoxy) is 1. The van der Waals surface area contributed by atoms with Crippen LogP contribution in [-0.2, 0) is 4.74 Å². The van der Waals surface area contributed by atoms with Crippen LogP contribution in [0.1, 0.15) is 12.0 Å². The minimum atomic E-state index is -0.512. The highest BCUT2D eigenvalue weighted by Crippen LogP contribution is 2.24. The summed E-state index contributed by atoms with van der Waals surface area (Å²) in [4.78, 5) is 10.4. The summed E-state index contributed by atoms with van der Waals surface area (Å²) >= 11 is 0. The van der Waals surface area contributed by atoms with Crippen molar-refractivity contribution in [3.8, 4) is 6.07 Å². The molecule has 0 saturated heterocycles. The SMILES string of the molecule is C=CCCOCCNc1ccc(C#N)cc1[N+](=O)[O-]. The minimum absolute atomic E-state index is 0.106. The van der Waals surface area contributed by atoms with Gasteiger partial charge in [-0.3, -0.25) is 10.1 Å². The molecule has 1 rings (SSSR count). The molecule has 0 amide bonds. The van der Waals surface area contributed by atoms with E-state index in [1.54, 1.807) is 6.08 Å². The molecule has 0 aliphatic rings. The molecule has 0 aromatic heterocycles. The van der Waals surface area contributed by atoms with Crippen LogP contribution < -0.4 is 5.32 Å². The van der Waals surface area contributed by atoms with Gasteiger partial charge in [0.25, 0.3) is 5.69 Å². The lowest BCUT2D eigenvalue weighted by atomic mass is 10.2. The standard InChI is InChI=1S/C13H15N3O3/c1-2-3-7-19-8-6-15-12-5-4-11(10-14)9-13(12)16(17)18/h2,4-5,9,15H,1,3,6-8H2. The molecule has 0 aliphatic carbocycles. The largest absolute Gasteiger partial charge is 0.379 e. The molecule has 1 N–H and O–H groups in total. The Bertz CT molecular complexity index is 494. The zero-order valence-electron chi connectivity index (χ0n) is 10.5. The van der Waals surface area contributed by atoms with Gasteiger partial charge in [0.2, 0.25) is 0 Å². The molecule has 6 heteroatoms. The topological polar surface area (TPSA) is 88.2 Å². The van der Waals surface area contributed by atoms with Crippen molar-refractivity contribution in [2.45, 2.75) is 6.42 Å². The third kappa shape index (κ3) is 4.77. The van der Waals surface area contributed by atoms with Gasteiger partial charge in [0.15, 0.2) is 0 Å². The number of benzene rings is 1. The van der Waals surface area contributed by atoms with E-state index in [0.717, 1.165) is 6.42 Å². The summed E-state index contributed by atoms with van der Waals surface area (Å²) in [5, 5.41) is 22.5. The van der Waals surface area contributed by atoms with Gasteiger partial charge in [0.05, 0.1) is 29.8 Å². The van der Waals surface area contributed by atoms with Gasteiger partial charge in [-0.25, -0.2) is 0 Å². The maximum absolute atomic E-state index is 10.9. The van der Waals surface area contributed by atoms with Crippen LogP contribution in [0.25, 0.3) is 0 Å². The third-order valence-electron chi connectivity index (χ3n) is 2.35. The Morgan fingerprint density at radius 3 is 2.95 bits per heavy atom. The number of rotatable bonds is 8. The van der Waals surface area contributed by atoms with Crippen molar-refractivity contribution >= 4 is 11.4 Å². The van der Waals surface area contributed by atoms with Gasteiger partial charge in [-0.15, -0.1) is 6.58 Å². The third-order valence-corrected chi connectivity index (χ3v) is 2.35. The fraction of sp³-hybridized carbons (Fsp3) is 0.308. The second-order valence-electron chi connectivity index (χ2n) is 3.72. The van der Waals surface area contributed by atoms with E-state index in [1.165, 1.54) is 18.2 Å². The fourth-order valence-corrected chi connectivity index (χ4v) is 1.43. The van der Waals surface area contributed by atoms with E-state index in [9.17, 15) is 10.1 Å². The number of nitrogens with one attached hydrogen (secondary N) is 1. The Morgan fingerprint density at radius 2 is 2.32 bits per heavy atom. The van der Waals surface area contributed by atoms with E-state index >= 15 is 0 Å². The van der Waals surface area contributed by atoms with Gasteiger partial charge >= 0.3 is 0 Å². The van der Waals surface area contributed by atoms with Gasteiger partial charge in [0.1, 0.15) is 5.69 Å². The quantitative estimate of drug-likeness (QED) is 0.336. The first-order chi connectivity index (χ1) is 9.19. The summed E-state index contributed by atoms with van der Waals surface area (Å²) in [6.45, 7) is 5.07. The van der Waals surface area contributed by atoms with Crippen molar-refractivity contribution in [1.29, 1.82) is 5.26 Å². The summed E-state index contributed by atoms with van der Waals surface area (Å²) in [5.41, 5.74) is 0.543. The van der Waals surface area contributed by atoms with Crippen molar-refractivity contribution < 1.29 is 9.66 Å². The van der Waals surface area contributed by atoms with Crippen molar-refractivity contribution in [1.82, 2.24) is 0 Å². The summed E-state index contributed by atoms with van der Waals surface area (Å²) < 4.78 is 5.29. The van der Waals surface area contributed by atoms with E-state index in [4.69, 9.17) is 10.00 Å². The van der Waals surface area contributed by atoms with E-state index in [1.807, 2.05) is 6.07 Å². The summed E-state index contributed by atoms with van der Waals surface area (Å²) in [7, 11) is 0. The maximum atomic E-state index is 10.9. The molecular weight excluding hydrogens is 246 g/mol. The molecule has 19 heavy (non-hydrogen) atoms. The van der Waals surface area contributed by atoms with Crippen LogP contribution in [0.5, 0.6) is 0 Å². The van der Waals surface area contributed by atoms with Crippen LogP contribution in [0.3, 0.4) is 0 Å². The molecular formula is C13H15N3O3. The number of hydrogen-bond acceptors (Lipinski definition) is 5. The molecule has 0 aliphatic heterocycles. The summed E-state index contributed by atoms with van der Waals surface area (Å²) in [6.07, 6.45) is 2.54. The molecule has 0 bridgehead atoms. The molecule has 0 spiro atoms. The normalized spacial score (nSPS) is 9.63. The Kier molecular flexibility index (Phi) is 6.06. The van der Waals surface area contributed by atoms with Crippen molar-refractivity contribution in [2.24, 2.45) is 0 Å². The zero-order valence-corrected chi connectivity index (χ0v) is 10.5. The second-order valence-corrected chi connectivity index (χ2v) is 3.72. The van der Waals surface area contributed by atoms with Crippen LogP contribution in [0.15, 0.2) is 30.9 Å². The predicted octanol–water partition coefficient (Wildman–Crippen LogP) is 2.47. The highest BCUT2D eigenvalue weighted by Gasteiger charge is 2.13. The first-order valence-corrected chi connectivity index (χ1v) is 5.80. The van der Waals surface area contributed by atoms with Crippen LogP contribution >= 0.6 is 0 Å². The Balaban J connectivity index is 2.56. The van der Waals surface area contributed by atoms with Crippen LogP contribution in [0.4, 0.5) is 11.4 Å². The van der Waals surface area contributed by atoms with E-state index in [-0.39, 0.29) is 11.3 Å². The number of nitriles is 1. The van der Waals surface area contributed by atoms with E-state index in [0.29, 0.717) is 25.4 Å². The van der Waals surface area contributed by atoms with E-state index < -0.39 is 4.92 Å². The first-order valence-electron chi connectivity index (χ1n) is 5.80. The van der Waals surface area contributed by atoms with Gasteiger partial charge in [-0.2, -0.15) is 5.26 Å². The Hall–Kier alpha value is -2.39. The number of nitrogens with zero attached hydrogens (tertiary/aromatic N) is 2. The molecule has 1 aromatic carbocycles. The first kappa shape index (κ1) is 14.7. The Morgan fingerprint density at radius 1 is 1.53 bits per heavy atom. The van der Waals surface area contributed by atoms with Gasteiger partial charge in [0, 0.05) is 12.6 Å².